The summed E-state index contributed by atoms with van der Waals surface area (Å²) in [5.74, 6) is 0.862. The Morgan fingerprint density at radius 3 is 2.62 bits per heavy atom. The summed E-state index contributed by atoms with van der Waals surface area (Å²) in [5.41, 5.74) is 7.64. The predicted octanol–water partition coefficient (Wildman–Crippen LogP) is 3.05. The van der Waals surface area contributed by atoms with Crippen LogP contribution in [0.15, 0.2) is 24.4 Å². The summed E-state index contributed by atoms with van der Waals surface area (Å²) >= 11 is 0. The van der Waals surface area contributed by atoms with Crippen LogP contribution in [-0.2, 0) is 4.74 Å². The van der Waals surface area contributed by atoms with Crippen molar-refractivity contribution < 1.29 is 9.53 Å². The third-order valence-electron chi connectivity index (χ3n) is 4.57. The van der Waals surface area contributed by atoms with Crippen molar-refractivity contribution in [3.63, 3.8) is 0 Å². The average Bonchev–Trinajstić information content (AvgIpc) is 2.59. The van der Waals surface area contributed by atoms with Crippen LogP contribution in [0.1, 0.15) is 33.6 Å². The monoisotopic (exact) mass is 357 g/mol. The molecule has 2 N–H and O–H groups in total. The van der Waals surface area contributed by atoms with Crippen molar-refractivity contribution in [1.82, 2.24) is 14.9 Å². The van der Waals surface area contributed by atoms with Gasteiger partial charge in [-0.2, -0.15) is 0 Å². The van der Waals surface area contributed by atoms with E-state index in [0.29, 0.717) is 5.69 Å². The molecule has 0 radical (unpaired) electrons. The number of hydrogen-bond donors (Lipinski definition) is 1. The predicted molar refractivity (Wildman–Crippen MR) is 103 cm³/mol. The Balaban J connectivity index is 1.63. The van der Waals surface area contributed by atoms with E-state index in [0.717, 1.165) is 42.8 Å². The molecule has 2 aromatic rings. The minimum Gasteiger partial charge on any atom is -0.444 e. The first-order chi connectivity index (χ1) is 12.2. The van der Waals surface area contributed by atoms with Gasteiger partial charge in [0.05, 0.1) is 17.2 Å². The maximum absolute atomic E-state index is 12.2. The highest BCUT2D eigenvalue weighted by atomic mass is 16.6. The van der Waals surface area contributed by atoms with E-state index in [9.17, 15) is 4.79 Å². The molecule has 0 saturated carbocycles. The number of rotatable bonds is 2. The van der Waals surface area contributed by atoms with Gasteiger partial charge in [0.15, 0.2) is 0 Å². The fourth-order valence-corrected chi connectivity index (χ4v) is 3.14. The molecule has 2 heterocycles. The zero-order valence-corrected chi connectivity index (χ0v) is 15.9. The molecule has 1 saturated heterocycles. The Kier molecular flexibility index (Phi) is 4.89. The Labute approximate surface area is 154 Å². The number of nitrogens with two attached hydrogens (primary N) is 1. The molecule has 1 aromatic carbocycles. The minimum absolute atomic E-state index is 0.175. The number of carbonyl (C=O) groups excluding carboxylic acids is 1. The van der Waals surface area contributed by atoms with Gasteiger partial charge < -0.3 is 20.3 Å². The van der Waals surface area contributed by atoms with Gasteiger partial charge in [0, 0.05) is 31.9 Å². The van der Waals surface area contributed by atoms with E-state index in [-0.39, 0.29) is 12.1 Å². The molecule has 0 unspecified atom stereocenters. The van der Waals surface area contributed by atoms with Crippen LogP contribution in [0.3, 0.4) is 0 Å². The molecule has 7 heteroatoms. The molecule has 0 atom stereocenters. The molecule has 1 aliphatic heterocycles. The third kappa shape index (κ3) is 4.15. The summed E-state index contributed by atoms with van der Waals surface area (Å²) < 4.78 is 5.46. The smallest absolute Gasteiger partial charge is 0.410 e. The number of benzene rings is 1. The Hall–Kier alpha value is -2.57. The highest BCUT2D eigenvalue weighted by molar-refractivity contribution is 5.79. The summed E-state index contributed by atoms with van der Waals surface area (Å²) in [4.78, 5) is 25.3. The number of ether oxygens (including phenoxy) is 1. The van der Waals surface area contributed by atoms with Crippen LogP contribution in [0.25, 0.3) is 11.0 Å². The zero-order valence-electron chi connectivity index (χ0n) is 15.9. The van der Waals surface area contributed by atoms with Gasteiger partial charge in [0.2, 0.25) is 0 Å². The lowest BCUT2D eigenvalue weighted by Gasteiger charge is -2.37. The summed E-state index contributed by atoms with van der Waals surface area (Å²) in [6.07, 6.45) is 3.27. The van der Waals surface area contributed by atoms with Gasteiger partial charge in [-0.25, -0.2) is 9.78 Å². The SMILES string of the molecule is CN(C(=O)OC(C)(C)C)C1CCN(c2cnc3cc(N)ccc3n2)CC1. The lowest BCUT2D eigenvalue weighted by molar-refractivity contribution is 0.0201. The number of carbonyl (C=O) groups is 1. The highest BCUT2D eigenvalue weighted by Gasteiger charge is 2.29. The summed E-state index contributed by atoms with van der Waals surface area (Å²) in [7, 11) is 1.81. The van der Waals surface area contributed by atoms with Gasteiger partial charge in [-0.15, -0.1) is 0 Å². The largest absolute Gasteiger partial charge is 0.444 e. The van der Waals surface area contributed by atoms with Crippen LogP contribution in [-0.4, -0.2) is 52.7 Å². The van der Waals surface area contributed by atoms with Crippen LogP contribution in [0.4, 0.5) is 16.3 Å². The van der Waals surface area contributed by atoms with E-state index in [1.807, 2.05) is 46.0 Å². The standard InChI is InChI=1S/C19H27N5O2/c1-19(2,3)26-18(25)23(4)14-7-9-24(10-8-14)17-12-21-16-11-13(20)5-6-15(16)22-17/h5-6,11-12,14H,7-10,20H2,1-4H3. The highest BCUT2D eigenvalue weighted by Crippen LogP contribution is 2.23. The van der Waals surface area contributed by atoms with Gasteiger partial charge in [0.1, 0.15) is 11.4 Å². The van der Waals surface area contributed by atoms with E-state index in [1.54, 1.807) is 11.1 Å². The van der Waals surface area contributed by atoms with Gasteiger partial charge in [-0.3, -0.25) is 4.98 Å². The van der Waals surface area contributed by atoms with Crippen molar-refractivity contribution in [3.8, 4) is 0 Å². The Bertz CT molecular complexity index is 794. The van der Waals surface area contributed by atoms with Crippen molar-refractivity contribution in [2.24, 2.45) is 0 Å². The molecule has 7 nitrogen and oxygen atoms in total. The second-order valence-electron chi connectivity index (χ2n) is 7.79. The molecule has 26 heavy (non-hydrogen) atoms. The van der Waals surface area contributed by atoms with E-state index in [4.69, 9.17) is 15.5 Å². The van der Waals surface area contributed by atoms with E-state index >= 15 is 0 Å². The molecule has 0 bridgehead atoms. The molecule has 1 amide bonds. The van der Waals surface area contributed by atoms with Crippen molar-refractivity contribution in [2.45, 2.75) is 45.3 Å². The molecule has 140 valence electrons. The zero-order chi connectivity index (χ0) is 18.9. The van der Waals surface area contributed by atoms with E-state index in [1.165, 1.54) is 0 Å². The summed E-state index contributed by atoms with van der Waals surface area (Å²) in [6, 6.07) is 5.73. The van der Waals surface area contributed by atoms with Crippen LogP contribution in [0.5, 0.6) is 0 Å². The fraction of sp³-hybridized carbons (Fsp3) is 0.526. The van der Waals surface area contributed by atoms with Crippen LogP contribution in [0.2, 0.25) is 0 Å². The number of anilines is 2. The maximum Gasteiger partial charge on any atom is 0.410 e. The topological polar surface area (TPSA) is 84.6 Å². The number of fused-ring (bicyclic) bond motifs is 1. The second-order valence-corrected chi connectivity index (χ2v) is 7.79. The quantitative estimate of drug-likeness (QED) is 0.832. The summed E-state index contributed by atoms with van der Waals surface area (Å²) in [6.45, 7) is 7.30. The third-order valence-corrected chi connectivity index (χ3v) is 4.57. The normalized spacial score (nSPS) is 15.9. The molecule has 0 spiro atoms. The Morgan fingerprint density at radius 2 is 1.96 bits per heavy atom. The Morgan fingerprint density at radius 1 is 1.27 bits per heavy atom. The fourth-order valence-electron chi connectivity index (χ4n) is 3.14. The number of piperidine rings is 1. The van der Waals surface area contributed by atoms with Crippen molar-refractivity contribution in [1.29, 1.82) is 0 Å². The molecule has 3 rings (SSSR count). The molecule has 1 aliphatic rings. The molecular weight excluding hydrogens is 330 g/mol. The van der Waals surface area contributed by atoms with Gasteiger partial charge in [-0.05, 0) is 51.8 Å². The first-order valence-corrected chi connectivity index (χ1v) is 8.96. The molecule has 1 aromatic heterocycles. The average molecular weight is 357 g/mol. The maximum atomic E-state index is 12.2. The van der Waals surface area contributed by atoms with E-state index in [2.05, 4.69) is 9.88 Å². The number of hydrogen-bond acceptors (Lipinski definition) is 6. The van der Waals surface area contributed by atoms with Gasteiger partial charge >= 0.3 is 6.09 Å². The summed E-state index contributed by atoms with van der Waals surface area (Å²) in [5, 5.41) is 0. The number of aromatic nitrogens is 2. The van der Waals surface area contributed by atoms with Crippen LogP contribution in [0, 0.1) is 0 Å². The molecule has 1 fully saturated rings. The van der Waals surface area contributed by atoms with Gasteiger partial charge in [-0.1, -0.05) is 0 Å². The number of nitrogens with zero attached hydrogens (tertiary/aromatic N) is 4. The van der Waals surface area contributed by atoms with Crippen molar-refractivity contribution in [2.75, 3.05) is 30.8 Å². The van der Waals surface area contributed by atoms with Crippen molar-refractivity contribution in [3.05, 3.63) is 24.4 Å². The number of amides is 1. The second kappa shape index (κ2) is 6.97. The lowest BCUT2D eigenvalue weighted by atomic mass is 10.0. The lowest BCUT2D eigenvalue weighted by Crippen LogP contribution is -2.47. The van der Waals surface area contributed by atoms with Crippen molar-refractivity contribution >= 4 is 28.6 Å². The molecule has 0 aliphatic carbocycles. The first-order valence-electron chi connectivity index (χ1n) is 8.96. The van der Waals surface area contributed by atoms with Crippen LogP contribution >= 0.6 is 0 Å². The first kappa shape index (κ1) is 18.2. The number of nitrogen functional groups attached to an aromatic ring is 1. The van der Waals surface area contributed by atoms with E-state index < -0.39 is 5.60 Å². The molecular formula is C19H27N5O2. The van der Waals surface area contributed by atoms with Crippen LogP contribution < -0.4 is 10.6 Å². The minimum atomic E-state index is -0.476. The van der Waals surface area contributed by atoms with Gasteiger partial charge in [0.25, 0.3) is 0 Å².